The molecule has 2 aromatic rings. The summed E-state index contributed by atoms with van der Waals surface area (Å²) in [6, 6.07) is 16.0. The zero-order chi connectivity index (χ0) is 13.2. The van der Waals surface area contributed by atoms with Crippen LogP contribution in [-0.2, 0) is 0 Å². The molecule has 1 aliphatic rings. The number of ether oxygens (including phenoxy) is 2. The fourth-order valence-electron chi connectivity index (χ4n) is 2.48. The van der Waals surface area contributed by atoms with Crippen LogP contribution in [0.1, 0.15) is 29.7 Å². The highest BCUT2D eigenvalue weighted by Gasteiger charge is 2.26. The molecule has 0 fully saturated rings. The number of fused-ring (bicyclic) bond motifs is 1. The fraction of sp³-hybridized carbons (Fsp3) is 0.250. The normalized spacial score (nSPS) is 21.4. The Hall–Kier alpha value is -2.00. The molecule has 0 aromatic heterocycles. The Morgan fingerprint density at radius 3 is 2.58 bits per heavy atom. The summed E-state index contributed by atoms with van der Waals surface area (Å²) in [6.45, 7) is 0. The maximum atomic E-state index is 6.23. The molecule has 2 N–H and O–H groups in total. The first-order valence-corrected chi connectivity index (χ1v) is 6.43. The number of methoxy groups -OCH3 is 1. The van der Waals surface area contributed by atoms with Crippen molar-refractivity contribution in [2.75, 3.05) is 7.11 Å². The molecule has 0 radical (unpaired) electrons. The van der Waals surface area contributed by atoms with Gasteiger partial charge in [-0.1, -0.05) is 30.3 Å². The quantitative estimate of drug-likeness (QED) is 0.896. The van der Waals surface area contributed by atoms with E-state index in [1.807, 2.05) is 48.5 Å². The number of nitrogens with two attached hydrogens (primary N) is 1. The lowest BCUT2D eigenvalue weighted by atomic mass is 9.93. The topological polar surface area (TPSA) is 44.5 Å². The number of benzene rings is 2. The van der Waals surface area contributed by atoms with Crippen molar-refractivity contribution >= 4 is 0 Å². The summed E-state index contributed by atoms with van der Waals surface area (Å²) in [4.78, 5) is 0. The highest BCUT2D eigenvalue weighted by molar-refractivity contribution is 5.39. The molecule has 3 rings (SSSR count). The van der Waals surface area contributed by atoms with E-state index in [-0.39, 0.29) is 12.1 Å². The lowest BCUT2D eigenvalue weighted by molar-refractivity contribution is 0.161. The molecule has 19 heavy (non-hydrogen) atoms. The second kappa shape index (κ2) is 4.94. The standard InChI is InChI=1S/C16H17NO2/c1-18-12-8-6-11(7-9-12)16-10-14(17)13-4-2-3-5-15(13)19-16/h2-9,14,16H,10,17H2,1H3/t14-,16?/m0/s1. The van der Waals surface area contributed by atoms with Crippen LogP contribution in [0.5, 0.6) is 11.5 Å². The van der Waals surface area contributed by atoms with Crippen LogP contribution in [0.25, 0.3) is 0 Å². The van der Waals surface area contributed by atoms with Crippen LogP contribution < -0.4 is 15.2 Å². The van der Waals surface area contributed by atoms with Crippen molar-refractivity contribution in [3.63, 3.8) is 0 Å². The van der Waals surface area contributed by atoms with Crippen molar-refractivity contribution in [1.82, 2.24) is 0 Å². The molecule has 98 valence electrons. The summed E-state index contributed by atoms with van der Waals surface area (Å²) in [7, 11) is 1.66. The van der Waals surface area contributed by atoms with Crippen LogP contribution in [0, 0.1) is 0 Å². The molecule has 1 aliphatic heterocycles. The van der Waals surface area contributed by atoms with Gasteiger partial charge in [0, 0.05) is 18.0 Å². The zero-order valence-corrected chi connectivity index (χ0v) is 10.9. The van der Waals surface area contributed by atoms with Gasteiger partial charge in [-0.3, -0.25) is 0 Å². The van der Waals surface area contributed by atoms with E-state index < -0.39 is 0 Å². The molecule has 0 amide bonds. The third-order valence-corrected chi connectivity index (χ3v) is 3.54. The van der Waals surface area contributed by atoms with Gasteiger partial charge in [-0.2, -0.15) is 0 Å². The predicted octanol–water partition coefficient (Wildman–Crippen LogP) is 3.22. The molecule has 1 heterocycles. The van der Waals surface area contributed by atoms with Crippen molar-refractivity contribution in [3.05, 3.63) is 59.7 Å². The van der Waals surface area contributed by atoms with Gasteiger partial charge in [0.05, 0.1) is 7.11 Å². The van der Waals surface area contributed by atoms with Crippen LogP contribution in [0.4, 0.5) is 0 Å². The number of hydrogen-bond acceptors (Lipinski definition) is 3. The SMILES string of the molecule is COc1ccc(C2C[C@H](N)c3ccccc3O2)cc1. The second-order valence-electron chi connectivity index (χ2n) is 4.76. The first-order valence-electron chi connectivity index (χ1n) is 6.43. The first-order chi connectivity index (χ1) is 9.28. The van der Waals surface area contributed by atoms with E-state index in [4.69, 9.17) is 15.2 Å². The molecule has 0 saturated carbocycles. The number of para-hydroxylation sites is 1. The van der Waals surface area contributed by atoms with Crippen LogP contribution >= 0.6 is 0 Å². The van der Waals surface area contributed by atoms with Gasteiger partial charge in [0.25, 0.3) is 0 Å². The van der Waals surface area contributed by atoms with Crippen LogP contribution in [-0.4, -0.2) is 7.11 Å². The Balaban J connectivity index is 1.87. The Morgan fingerprint density at radius 2 is 1.84 bits per heavy atom. The van der Waals surface area contributed by atoms with E-state index in [2.05, 4.69) is 0 Å². The Labute approximate surface area is 113 Å². The first kappa shape index (κ1) is 12.1. The molecule has 3 heteroatoms. The van der Waals surface area contributed by atoms with Crippen molar-refractivity contribution in [2.24, 2.45) is 5.73 Å². The van der Waals surface area contributed by atoms with Gasteiger partial charge in [-0.25, -0.2) is 0 Å². The molecular weight excluding hydrogens is 238 g/mol. The Kier molecular flexibility index (Phi) is 3.13. The molecular formula is C16H17NO2. The summed E-state index contributed by atoms with van der Waals surface area (Å²) in [5, 5.41) is 0. The monoisotopic (exact) mass is 255 g/mol. The van der Waals surface area contributed by atoms with Gasteiger partial charge < -0.3 is 15.2 Å². The van der Waals surface area contributed by atoms with Gasteiger partial charge in [0.15, 0.2) is 0 Å². The smallest absolute Gasteiger partial charge is 0.126 e. The number of hydrogen-bond donors (Lipinski definition) is 1. The molecule has 0 spiro atoms. The van der Waals surface area contributed by atoms with Crippen molar-refractivity contribution in [2.45, 2.75) is 18.6 Å². The van der Waals surface area contributed by atoms with Gasteiger partial charge >= 0.3 is 0 Å². The van der Waals surface area contributed by atoms with Crippen LogP contribution in [0.2, 0.25) is 0 Å². The van der Waals surface area contributed by atoms with Gasteiger partial charge in [-0.15, -0.1) is 0 Å². The van der Waals surface area contributed by atoms with Gasteiger partial charge in [0.1, 0.15) is 17.6 Å². The zero-order valence-electron chi connectivity index (χ0n) is 10.9. The average Bonchev–Trinajstić information content (AvgIpc) is 2.47. The molecule has 3 nitrogen and oxygen atoms in total. The lowest BCUT2D eigenvalue weighted by Crippen LogP contribution is -2.23. The van der Waals surface area contributed by atoms with E-state index >= 15 is 0 Å². The minimum Gasteiger partial charge on any atom is -0.497 e. The lowest BCUT2D eigenvalue weighted by Gasteiger charge is -2.30. The highest BCUT2D eigenvalue weighted by Crippen LogP contribution is 2.39. The minimum absolute atomic E-state index is 0.0100. The minimum atomic E-state index is 0.0100. The predicted molar refractivity (Wildman–Crippen MR) is 74.4 cm³/mol. The molecule has 2 aromatic carbocycles. The summed E-state index contributed by atoms with van der Waals surface area (Å²) in [6.07, 6.45) is 0.805. The summed E-state index contributed by atoms with van der Waals surface area (Å²) < 4.78 is 11.2. The average molecular weight is 255 g/mol. The van der Waals surface area contributed by atoms with Crippen molar-refractivity contribution in [1.29, 1.82) is 0 Å². The molecule has 2 atom stereocenters. The summed E-state index contributed by atoms with van der Waals surface area (Å²) in [5.74, 6) is 1.74. The molecule has 0 saturated heterocycles. The van der Waals surface area contributed by atoms with E-state index in [1.165, 1.54) is 0 Å². The maximum Gasteiger partial charge on any atom is 0.126 e. The fourth-order valence-corrected chi connectivity index (χ4v) is 2.48. The van der Waals surface area contributed by atoms with Crippen molar-refractivity contribution < 1.29 is 9.47 Å². The maximum absolute atomic E-state index is 6.23. The Morgan fingerprint density at radius 1 is 1.11 bits per heavy atom. The largest absolute Gasteiger partial charge is 0.497 e. The summed E-state index contributed by atoms with van der Waals surface area (Å²) >= 11 is 0. The third-order valence-electron chi connectivity index (χ3n) is 3.54. The van der Waals surface area contributed by atoms with Crippen LogP contribution in [0.15, 0.2) is 48.5 Å². The van der Waals surface area contributed by atoms with E-state index in [9.17, 15) is 0 Å². The van der Waals surface area contributed by atoms with Crippen LogP contribution in [0.3, 0.4) is 0 Å². The molecule has 1 unspecified atom stereocenters. The van der Waals surface area contributed by atoms with E-state index in [0.29, 0.717) is 0 Å². The van der Waals surface area contributed by atoms with Gasteiger partial charge in [0.2, 0.25) is 0 Å². The third kappa shape index (κ3) is 2.29. The van der Waals surface area contributed by atoms with Gasteiger partial charge in [-0.05, 0) is 23.8 Å². The highest BCUT2D eigenvalue weighted by atomic mass is 16.5. The molecule has 0 bridgehead atoms. The summed E-state index contributed by atoms with van der Waals surface area (Å²) in [5.41, 5.74) is 8.45. The van der Waals surface area contributed by atoms with Crippen molar-refractivity contribution in [3.8, 4) is 11.5 Å². The second-order valence-corrected chi connectivity index (χ2v) is 4.76. The van der Waals surface area contributed by atoms with E-state index in [0.717, 1.165) is 29.0 Å². The van der Waals surface area contributed by atoms with E-state index in [1.54, 1.807) is 7.11 Å². The number of rotatable bonds is 2. The Bertz CT molecular complexity index is 565. The molecule has 0 aliphatic carbocycles.